The van der Waals surface area contributed by atoms with Gasteiger partial charge >= 0.3 is 0 Å². The predicted octanol–water partition coefficient (Wildman–Crippen LogP) is 3.43. The largest absolute Gasteiger partial charge is 0.497 e. The Bertz CT molecular complexity index is 431. The van der Waals surface area contributed by atoms with Gasteiger partial charge in [0.05, 0.1) is 12.6 Å². The maximum Gasteiger partial charge on any atom is 0.126 e. The second kappa shape index (κ2) is 7.29. The van der Waals surface area contributed by atoms with Crippen LogP contribution in [0.25, 0.3) is 0 Å². The van der Waals surface area contributed by atoms with E-state index in [1.165, 1.54) is 6.07 Å². The van der Waals surface area contributed by atoms with E-state index in [1.54, 1.807) is 6.07 Å². The molecule has 2 rings (SSSR count). The standard InChI is InChI=1S/C16H22FNO/c1-2-10-18-15(16-9-5-6-11-19-16)12-13-7-3-4-8-14(13)17/h3-4,7-9,15,18H,2,5-6,10-12H2,1H3. The number of nitrogens with one attached hydrogen (secondary N) is 1. The monoisotopic (exact) mass is 263 g/mol. The average molecular weight is 263 g/mol. The minimum Gasteiger partial charge on any atom is -0.497 e. The lowest BCUT2D eigenvalue weighted by Gasteiger charge is -2.25. The molecule has 1 aliphatic heterocycles. The lowest BCUT2D eigenvalue weighted by atomic mass is 10.0. The van der Waals surface area contributed by atoms with Gasteiger partial charge in [-0.05, 0) is 49.9 Å². The molecule has 1 aromatic rings. The molecule has 0 radical (unpaired) electrons. The van der Waals surface area contributed by atoms with Crippen molar-refractivity contribution in [2.45, 2.75) is 38.6 Å². The Morgan fingerprint density at radius 1 is 1.37 bits per heavy atom. The molecule has 0 saturated heterocycles. The first-order valence-electron chi connectivity index (χ1n) is 7.11. The molecular formula is C16H22FNO. The molecule has 0 fully saturated rings. The van der Waals surface area contributed by atoms with E-state index in [0.717, 1.165) is 43.7 Å². The zero-order chi connectivity index (χ0) is 13.5. The second-order valence-electron chi connectivity index (χ2n) is 4.90. The van der Waals surface area contributed by atoms with E-state index in [2.05, 4.69) is 18.3 Å². The van der Waals surface area contributed by atoms with E-state index >= 15 is 0 Å². The van der Waals surface area contributed by atoms with Gasteiger partial charge in [0.2, 0.25) is 0 Å². The van der Waals surface area contributed by atoms with Crippen LogP contribution in [0.2, 0.25) is 0 Å². The molecule has 104 valence electrons. The topological polar surface area (TPSA) is 21.3 Å². The summed E-state index contributed by atoms with van der Waals surface area (Å²) in [4.78, 5) is 0. The molecule has 0 aromatic heterocycles. The van der Waals surface area contributed by atoms with E-state index < -0.39 is 0 Å². The Morgan fingerprint density at radius 3 is 2.89 bits per heavy atom. The summed E-state index contributed by atoms with van der Waals surface area (Å²) in [5.74, 6) is 0.838. The van der Waals surface area contributed by atoms with E-state index in [0.29, 0.717) is 6.42 Å². The number of hydrogen-bond donors (Lipinski definition) is 1. The van der Waals surface area contributed by atoms with Crippen molar-refractivity contribution in [3.63, 3.8) is 0 Å². The Balaban J connectivity index is 2.09. The number of benzene rings is 1. The summed E-state index contributed by atoms with van der Waals surface area (Å²) >= 11 is 0. The van der Waals surface area contributed by atoms with Gasteiger partial charge < -0.3 is 10.1 Å². The Kier molecular flexibility index (Phi) is 5.40. The molecule has 1 heterocycles. The summed E-state index contributed by atoms with van der Waals surface area (Å²) < 4.78 is 19.5. The molecule has 19 heavy (non-hydrogen) atoms. The molecule has 1 atom stereocenters. The first-order valence-corrected chi connectivity index (χ1v) is 7.11. The fraction of sp³-hybridized carbons (Fsp3) is 0.500. The van der Waals surface area contributed by atoms with Crippen molar-refractivity contribution in [2.24, 2.45) is 0 Å². The zero-order valence-electron chi connectivity index (χ0n) is 11.5. The lowest BCUT2D eigenvalue weighted by Crippen LogP contribution is -2.35. The van der Waals surface area contributed by atoms with Gasteiger partial charge in [0, 0.05) is 0 Å². The van der Waals surface area contributed by atoms with Crippen molar-refractivity contribution in [3.8, 4) is 0 Å². The molecule has 1 aromatic carbocycles. The Morgan fingerprint density at radius 2 is 2.21 bits per heavy atom. The lowest BCUT2D eigenvalue weighted by molar-refractivity contribution is 0.167. The van der Waals surface area contributed by atoms with E-state index in [1.807, 2.05) is 12.1 Å². The minimum atomic E-state index is -0.137. The molecular weight excluding hydrogens is 241 g/mol. The highest BCUT2D eigenvalue weighted by molar-refractivity contribution is 5.21. The molecule has 1 N–H and O–H groups in total. The summed E-state index contributed by atoms with van der Waals surface area (Å²) in [5.41, 5.74) is 0.742. The van der Waals surface area contributed by atoms with Crippen LogP contribution in [0, 0.1) is 5.82 Å². The van der Waals surface area contributed by atoms with Gasteiger partial charge in [-0.15, -0.1) is 0 Å². The van der Waals surface area contributed by atoms with Gasteiger partial charge in [-0.2, -0.15) is 0 Å². The maximum atomic E-state index is 13.8. The number of halogens is 1. The van der Waals surface area contributed by atoms with Crippen LogP contribution in [0.1, 0.15) is 31.7 Å². The number of ether oxygens (including phenoxy) is 1. The number of allylic oxidation sites excluding steroid dienone is 1. The van der Waals surface area contributed by atoms with Gasteiger partial charge in [0.15, 0.2) is 0 Å². The van der Waals surface area contributed by atoms with Crippen LogP contribution >= 0.6 is 0 Å². The van der Waals surface area contributed by atoms with Gasteiger partial charge in [-0.3, -0.25) is 0 Å². The molecule has 3 heteroatoms. The highest BCUT2D eigenvalue weighted by Gasteiger charge is 2.19. The van der Waals surface area contributed by atoms with Gasteiger partial charge in [-0.1, -0.05) is 25.1 Å². The van der Waals surface area contributed by atoms with E-state index in [-0.39, 0.29) is 11.9 Å². The van der Waals surface area contributed by atoms with Crippen molar-refractivity contribution in [1.29, 1.82) is 0 Å². The van der Waals surface area contributed by atoms with Gasteiger partial charge in [0.1, 0.15) is 11.6 Å². The van der Waals surface area contributed by atoms with Crippen LogP contribution in [0.4, 0.5) is 4.39 Å². The minimum absolute atomic E-state index is 0.0807. The van der Waals surface area contributed by atoms with Crippen molar-refractivity contribution in [1.82, 2.24) is 5.32 Å². The molecule has 0 spiro atoms. The fourth-order valence-electron chi connectivity index (χ4n) is 2.30. The Labute approximate surface area is 114 Å². The number of rotatable bonds is 6. The van der Waals surface area contributed by atoms with Crippen LogP contribution < -0.4 is 5.32 Å². The smallest absolute Gasteiger partial charge is 0.126 e. The van der Waals surface area contributed by atoms with Gasteiger partial charge in [-0.25, -0.2) is 4.39 Å². The molecule has 1 aliphatic rings. The fourth-order valence-corrected chi connectivity index (χ4v) is 2.30. The van der Waals surface area contributed by atoms with Crippen molar-refractivity contribution >= 4 is 0 Å². The average Bonchev–Trinajstić information content (AvgIpc) is 2.46. The van der Waals surface area contributed by atoms with Crippen LogP contribution in [0.15, 0.2) is 36.1 Å². The summed E-state index contributed by atoms with van der Waals surface area (Å²) in [7, 11) is 0. The highest BCUT2D eigenvalue weighted by Crippen LogP contribution is 2.18. The Hall–Kier alpha value is -1.35. The molecule has 0 amide bonds. The molecule has 2 nitrogen and oxygen atoms in total. The molecule has 0 bridgehead atoms. The highest BCUT2D eigenvalue weighted by atomic mass is 19.1. The third-order valence-electron chi connectivity index (χ3n) is 3.33. The van der Waals surface area contributed by atoms with Crippen LogP contribution in [0.5, 0.6) is 0 Å². The number of hydrogen-bond acceptors (Lipinski definition) is 2. The van der Waals surface area contributed by atoms with Crippen molar-refractivity contribution in [2.75, 3.05) is 13.2 Å². The predicted molar refractivity (Wildman–Crippen MR) is 75.5 cm³/mol. The van der Waals surface area contributed by atoms with Gasteiger partial charge in [0.25, 0.3) is 0 Å². The summed E-state index contributed by atoms with van der Waals surface area (Å²) in [6.07, 6.45) is 5.96. The normalized spacial score (nSPS) is 16.6. The van der Waals surface area contributed by atoms with E-state index in [9.17, 15) is 4.39 Å². The van der Waals surface area contributed by atoms with E-state index in [4.69, 9.17) is 4.74 Å². The van der Waals surface area contributed by atoms with Crippen LogP contribution in [-0.2, 0) is 11.2 Å². The zero-order valence-corrected chi connectivity index (χ0v) is 11.5. The molecule has 0 saturated carbocycles. The van der Waals surface area contributed by atoms with Crippen molar-refractivity contribution < 1.29 is 9.13 Å². The third kappa shape index (κ3) is 4.06. The third-order valence-corrected chi connectivity index (χ3v) is 3.33. The van der Waals surface area contributed by atoms with Crippen molar-refractivity contribution in [3.05, 3.63) is 47.5 Å². The summed E-state index contributed by atoms with van der Waals surface area (Å²) in [6.45, 7) is 3.82. The molecule has 0 aliphatic carbocycles. The second-order valence-corrected chi connectivity index (χ2v) is 4.90. The first kappa shape index (κ1) is 14.1. The summed E-state index contributed by atoms with van der Waals surface area (Å²) in [5, 5.41) is 3.45. The first-order chi connectivity index (χ1) is 9.31. The SMILES string of the molecule is CCCNC(Cc1ccccc1F)C1=CCCCO1. The van der Waals surface area contributed by atoms with Crippen LogP contribution in [-0.4, -0.2) is 19.2 Å². The summed E-state index contributed by atoms with van der Waals surface area (Å²) in [6, 6.07) is 7.05. The quantitative estimate of drug-likeness (QED) is 0.849. The maximum absolute atomic E-state index is 13.8. The molecule has 1 unspecified atom stereocenters. The van der Waals surface area contributed by atoms with Crippen LogP contribution in [0.3, 0.4) is 0 Å².